The molecule has 1 aromatic heterocycles. The zero-order chi connectivity index (χ0) is 20.8. The molecule has 1 heterocycles. The van der Waals surface area contributed by atoms with Crippen LogP contribution in [-0.2, 0) is 4.79 Å². The van der Waals surface area contributed by atoms with E-state index in [1.54, 1.807) is 31.4 Å². The number of rotatable bonds is 4. The van der Waals surface area contributed by atoms with Crippen molar-refractivity contribution >= 4 is 34.1 Å². The first kappa shape index (κ1) is 18.9. The molecule has 5 rings (SSSR count). The summed E-state index contributed by atoms with van der Waals surface area (Å²) >= 11 is 6.11. The number of allylic oxidation sites excluding steroid dienone is 2. The number of methoxy groups -OCH3 is 1. The van der Waals surface area contributed by atoms with Gasteiger partial charge in [-0.3, -0.25) is 9.59 Å². The number of nitrogens with one attached hydrogen (secondary N) is 2. The molecule has 6 nitrogen and oxygen atoms in total. The van der Waals surface area contributed by atoms with Crippen LogP contribution >= 0.6 is 11.6 Å². The van der Waals surface area contributed by atoms with Crippen LogP contribution in [0.1, 0.15) is 18.2 Å². The summed E-state index contributed by atoms with van der Waals surface area (Å²) in [6, 6.07) is 12.3. The van der Waals surface area contributed by atoms with Crippen LogP contribution in [0.2, 0.25) is 5.02 Å². The summed E-state index contributed by atoms with van der Waals surface area (Å²) in [4.78, 5) is 33.6. The van der Waals surface area contributed by atoms with Gasteiger partial charge in [-0.2, -0.15) is 0 Å². The summed E-state index contributed by atoms with van der Waals surface area (Å²) in [7, 11) is 1.55. The smallest absolute Gasteiger partial charge is 0.258 e. The zero-order valence-corrected chi connectivity index (χ0v) is 17.0. The Kier molecular flexibility index (Phi) is 4.59. The van der Waals surface area contributed by atoms with E-state index in [9.17, 15) is 9.59 Å². The standard InChI is InChI=1S/C23H20ClN3O3/c1-30-18-9-8-14(24)11-17(18)26-23(29)20-13-7-6-12(10-13)19(20)21-25-16-5-3-2-4-15(16)22(28)27-21/h2-9,11-13,19-20H,10H2,1H3,(H,26,29)(H,25,27,28). The van der Waals surface area contributed by atoms with E-state index in [0.717, 1.165) is 6.42 Å². The van der Waals surface area contributed by atoms with Gasteiger partial charge in [-0.05, 0) is 48.6 Å². The van der Waals surface area contributed by atoms with Gasteiger partial charge in [0.15, 0.2) is 0 Å². The van der Waals surface area contributed by atoms with E-state index in [1.165, 1.54) is 0 Å². The van der Waals surface area contributed by atoms with Crippen LogP contribution in [0, 0.1) is 17.8 Å². The third-order valence-electron chi connectivity index (χ3n) is 6.13. The number of para-hydroxylation sites is 1. The average molecular weight is 422 g/mol. The van der Waals surface area contributed by atoms with Gasteiger partial charge in [0.1, 0.15) is 11.6 Å². The lowest BCUT2D eigenvalue weighted by atomic mass is 9.81. The summed E-state index contributed by atoms with van der Waals surface area (Å²) in [5.74, 6) is 0.705. The van der Waals surface area contributed by atoms with Crippen molar-refractivity contribution in [2.24, 2.45) is 17.8 Å². The van der Waals surface area contributed by atoms with E-state index in [0.29, 0.717) is 33.2 Å². The number of aromatic nitrogens is 2. The highest BCUT2D eigenvalue weighted by molar-refractivity contribution is 6.31. The Morgan fingerprint density at radius 1 is 1.20 bits per heavy atom. The maximum Gasteiger partial charge on any atom is 0.258 e. The number of nitrogens with zero attached hydrogens (tertiary/aromatic N) is 1. The second-order valence-electron chi connectivity index (χ2n) is 7.80. The Morgan fingerprint density at radius 2 is 2.00 bits per heavy atom. The zero-order valence-electron chi connectivity index (χ0n) is 16.3. The SMILES string of the molecule is COc1ccc(Cl)cc1NC(=O)C1C2C=CC(C2)C1c1nc2ccccc2c(=O)[nH]1. The number of carbonyl (C=O) groups is 1. The molecule has 30 heavy (non-hydrogen) atoms. The summed E-state index contributed by atoms with van der Waals surface area (Å²) in [6.45, 7) is 0. The molecular weight excluding hydrogens is 402 g/mol. The fourth-order valence-electron chi connectivity index (χ4n) is 4.81. The van der Waals surface area contributed by atoms with Gasteiger partial charge in [0.2, 0.25) is 5.91 Å². The number of aromatic amines is 1. The predicted octanol–water partition coefficient (Wildman–Crippen LogP) is 4.13. The normalized spacial score (nSPS) is 24.3. The lowest BCUT2D eigenvalue weighted by Crippen LogP contribution is -2.33. The van der Waals surface area contributed by atoms with Gasteiger partial charge in [-0.1, -0.05) is 35.9 Å². The first-order chi connectivity index (χ1) is 14.5. The first-order valence-corrected chi connectivity index (χ1v) is 10.2. The molecule has 3 aromatic rings. The second-order valence-corrected chi connectivity index (χ2v) is 8.24. The average Bonchev–Trinajstić information content (AvgIpc) is 3.35. The summed E-state index contributed by atoms with van der Waals surface area (Å²) in [6.07, 6.45) is 5.10. The Labute approximate surface area is 177 Å². The van der Waals surface area contributed by atoms with Gasteiger partial charge in [0, 0.05) is 10.9 Å². The maximum absolute atomic E-state index is 13.4. The molecule has 0 aliphatic heterocycles. The molecule has 1 saturated carbocycles. The fourth-order valence-corrected chi connectivity index (χ4v) is 4.98. The second kappa shape index (κ2) is 7.29. The van der Waals surface area contributed by atoms with Crippen molar-refractivity contribution in [3.63, 3.8) is 0 Å². The van der Waals surface area contributed by atoms with E-state index in [4.69, 9.17) is 21.3 Å². The molecule has 1 amide bonds. The first-order valence-electron chi connectivity index (χ1n) is 9.87. The third kappa shape index (κ3) is 3.08. The minimum absolute atomic E-state index is 0.0990. The summed E-state index contributed by atoms with van der Waals surface area (Å²) < 4.78 is 5.35. The Hall–Kier alpha value is -3.12. The molecule has 2 N–H and O–H groups in total. The molecule has 1 fully saturated rings. The molecule has 2 aromatic carbocycles. The molecular formula is C23H20ClN3O3. The predicted molar refractivity (Wildman–Crippen MR) is 116 cm³/mol. The molecule has 4 unspecified atom stereocenters. The topological polar surface area (TPSA) is 84.1 Å². The molecule has 0 spiro atoms. The Morgan fingerprint density at radius 3 is 2.83 bits per heavy atom. The minimum Gasteiger partial charge on any atom is -0.495 e. The van der Waals surface area contributed by atoms with Gasteiger partial charge >= 0.3 is 0 Å². The molecule has 7 heteroatoms. The Balaban J connectivity index is 1.52. The molecule has 0 radical (unpaired) electrons. The van der Waals surface area contributed by atoms with E-state index < -0.39 is 0 Å². The summed E-state index contributed by atoms with van der Waals surface area (Å²) in [5, 5.41) is 4.03. The van der Waals surface area contributed by atoms with E-state index in [-0.39, 0.29) is 35.1 Å². The fraction of sp³-hybridized carbons (Fsp3) is 0.261. The number of anilines is 1. The number of halogens is 1. The van der Waals surface area contributed by atoms with Crippen molar-refractivity contribution in [1.29, 1.82) is 0 Å². The van der Waals surface area contributed by atoms with Crippen molar-refractivity contribution < 1.29 is 9.53 Å². The lowest BCUT2D eigenvalue weighted by molar-refractivity contribution is -0.121. The van der Waals surface area contributed by atoms with Gasteiger partial charge in [0.25, 0.3) is 5.56 Å². The third-order valence-corrected chi connectivity index (χ3v) is 6.36. The van der Waals surface area contributed by atoms with Crippen LogP contribution in [0.15, 0.2) is 59.4 Å². The number of benzene rings is 2. The van der Waals surface area contributed by atoms with Gasteiger partial charge in [0.05, 0.1) is 29.6 Å². The van der Waals surface area contributed by atoms with Crippen molar-refractivity contribution in [2.75, 3.05) is 12.4 Å². The highest BCUT2D eigenvalue weighted by atomic mass is 35.5. The highest BCUT2D eigenvalue weighted by Gasteiger charge is 2.50. The quantitative estimate of drug-likeness (QED) is 0.620. The number of ether oxygens (including phenoxy) is 1. The van der Waals surface area contributed by atoms with Gasteiger partial charge in [-0.25, -0.2) is 4.98 Å². The molecule has 2 aliphatic carbocycles. The lowest BCUT2D eigenvalue weighted by Gasteiger charge is -2.27. The van der Waals surface area contributed by atoms with Crippen LogP contribution in [0.5, 0.6) is 5.75 Å². The number of fused-ring (bicyclic) bond motifs is 3. The van der Waals surface area contributed by atoms with Crippen LogP contribution in [0.25, 0.3) is 10.9 Å². The van der Waals surface area contributed by atoms with Crippen molar-refractivity contribution in [1.82, 2.24) is 9.97 Å². The maximum atomic E-state index is 13.4. The van der Waals surface area contributed by atoms with Gasteiger partial charge in [-0.15, -0.1) is 0 Å². The van der Waals surface area contributed by atoms with Crippen LogP contribution < -0.4 is 15.6 Å². The van der Waals surface area contributed by atoms with Gasteiger partial charge < -0.3 is 15.0 Å². The number of carbonyl (C=O) groups excluding carboxylic acids is 1. The van der Waals surface area contributed by atoms with Crippen molar-refractivity contribution in [3.05, 3.63) is 75.8 Å². The van der Waals surface area contributed by atoms with Crippen molar-refractivity contribution in [3.8, 4) is 5.75 Å². The van der Waals surface area contributed by atoms with Crippen molar-refractivity contribution in [2.45, 2.75) is 12.3 Å². The monoisotopic (exact) mass is 421 g/mol. The minimum atomic E-state index is -0.340. The highest BCUT2D eigenvalue weighted by Crippen LogP contribution is 2.52. The number of hydrogen-bond donors (Lipinski definition) is 2. The van der Waals surface area contributed by atoms with E-state index >= 15 is 0 Å². The largest absolute Gasteiger partial charge is 0.495 e. The molecule has 4 atom stereocenters. The number of hydrogen-bond acceptors (Lipinski definition) is 4. The van der Waals surface area contributed by atoms with Crippen LogP contribution in [-0.4, -0.2) is 23.0 Å². The molecule has 0 saturated heterocycles. The number of amides is 1. The van der Waals surface area contributed by atoms with E-state index in [2.05, 4.69) is 22.5 Å². The van der Waals surface area contributed by atoms with E-state index in [1.807, 2.05) is 18.2 Å². The molecule has 2 bridgehead atoms. The number of H-pyrrole nitrogens is 1. The Bertz CT molecular complexity index is 1240. The van der Waals surface area contributed by atoms with Crippen LogP contribution in [0.4, 0.5) is 5.69 Å². The molecule has 2 aliphatic rings. The molecule has 152 valence electrons. The summed E-state index contributed by atoms with van der Waals surface area (Å²) in [5.41, 5.74) is 0.983. The van der Waals surface area contributed by atoms with Crippen LogP contribution in [0.3, 0.4) is 0 Å².